The van der Waals surface area contributed by atoms with E-state index in [-0.39, 0.29) is 31.2 Å². The van der Waals surface area contributed by atoms with E-state index in [2.05, 4.69) is 10.3 Å². The Balaban J connectivity index is 1.62. The Hall–Kier alpha value is -5.13. The number of aliphatic imine (C=N–C) groups is 1. The third-order valence-corrected chi connectivity index (χ3v) is 6.10. The summed E-state index contributed by atoms with van der Waals surface area (Å²) in [7, 11) is 3.15. The number of hydrogen-bond acceptors (Lipinski definition) is 10. The van der Waals surface area contributed by atoms with Crippen LogP contribution in [0.15, 0.2) is 53.5 Å². The maximum atomic E-state index is 11.9. The van der Waals surface area contributed by atoms with Crippen molar-refractivity contribution in [1.82, 2.24) is 0 Å². The number of carbonyl (C=O) groups is 2. The van der Waals surface area contributed by atoms with Gasteiger partial charge < -0.3 is 33.8 Å². The van der Waals surface area contributed by atoms with Gasteiger partial charge >= 0.3 is 6.16 Å². The highest BCUT2D eigenvalue weighted by Gasteiger charge is 2.15. The molecule has 0 amide bonds. The van der Waals surface area contributed by atoms with Crippen molar-refractivity contribution in [2.24, 2.45) is 4.99 Å². The van der Waals surface area contributed by atoms with Gasteiger partial charge in [-0.2, -0.15) is 0 Å². The van der Waals surface area contributed by atoms with Crippen LogP contribution in [0.1, 0.15) is 28.7 Å². The summed E-state index contributed by atoms with van der Waals surface area (Å²) < 4.78 is 26.9. The molecule has 0 aliphatic rings. The second kappa shape index (κ2) is 15.0. The van der Waals surface area contributed by atoms with Gasteiger partial charge in [-0.3, -0.25) is 15.1 Å². The highest BCUT2D eigenvalue weighted by atomic mass is 16.7. The van der Waals surface area contributed by atoms with Gasteiger partial charge in [-0.1, -0.05) is 0 Å². The van der Waals surface area contributed by atoms with Gasteiger partial charge in [0, 0.05) is 47.5 Å². The number of methoxy groups -OCH3 is 2. The van der Waals surface area contributed by atoms with Crippen LogP contribution in [-0.2, 0) is 9.53 Å². The highest BCUT2D eigenvalue weighted by molar-refractivity contribution is 6.09. The third kappa shape index (κ3) is 8.43. The van der Waals surface area contributed by atoms with Crippen molar-refractivity contribution < 1.29 is 38.2 Å². The first-order valence-electron chi connectivity index (χ1n) is 13.0. The number of amidine groups is 1. The Morgan fingerprint density at radius 2 is 1.67 bits per heavy atom. The van der Waals surface area contributed by atoms with Gasteiger partial charge in [0.15, 0.2) is 0 Å². The van der Waals surface area contributed by atoms with Crippen LogP contribution in [0, 0.1) is 30.9 Å². The number of nitro benzene ring substituents is 1. The molecule has 0 spiro atoms. The summed E-state index contributed by atoms with van der Waals surface area (Å²) in [6.45, 7) is 6.02. The Morgan fingerprint density at radius 3 is 2.26 bits per heavy atom. The first kappa shape index (κ1) is 31.4. The molecule has 1 N–H and O–H groups in total. The van der Waals surface area contributed by atoms with Crippen molar-refractivity contribution >= 4 is 29.7 Å². The number of nitrogens with one attached hydrogen (secondary N) is 1. The minimum Gasteiger partial charge on any atom is -0.497 e. The highest BCUT2D eigenvalue weighted by Crippen LogP contribution is 2.32. The summed E-state index contributed by atoms with van der Waals surface area (Å²) in [5, 5.41) is 14.0. The molecular formula is C30H33N3O9. The minimum absolute atomic E-state index is 0.0224. The Bertz CT molecular complexity index is 1430. The predicted molar refractivity (Wildman–Crippen MR) is 156 cm³/mol. The van der Waals surface area contributed by atoms with Crippen molar-refractivity contribution in [2.45, 2.75) is 27.2 Å². The normalized spacial score (nSPS) is 10.9. The molecule has 0 aliphatic heterocycles. The SMILES string of the molecule is COc1cc(NC(=NCC=O)c2cc(C)c(OCCCOC(=O)Oc3ccc([N+](=O)[O-])cc3)c(C)c2)c(C)c(OC)c1. The number of nitrogens with zero attached hydrogens (tertiary/aromatic N) is 2. The van der Waals surface area contributed by atoms with Gasteiger partial charge in [-0.15, -0.1) is 0 Å². The van der Waals surface area contributed by atoms with Crippen LogP contribution >= 0.6 is 0 Å². The van der Waals surface area contributed by atoms with Crippen molar-refractivity contribution in [1.29, 1.82) is 0 Å². The number of non-ortho nitro benzene ring substituents is 1. The number of hydrogen-bond donors (Lipinski definition) is 1. The lowest BCUT2D eigenvalue weighted by atomic mass is 10.0. The van der Waals surface area contributed by atoms with E-state index in [9.17, 15) is 19.7 Å². The zero-order valence-corrected chi connectivity index (χ0v) is 24.1. The maximum absolute atomic E-state index is 11.9. The van der Waals surface area contributed by atoms with Crippen molar-refractivity contribution in [3.8, 4) is 23.0 Å². The first-order chi connectivity index (χ1) is 20.2. The second-order valence-corrected chi connectivity index (χ2v) is 9.08. The molecule has 0 fully saturated rings. The lowest BCUT2D eigenvalue weighted by Crippen LogP contribution is -2.17. The molecule has 0 unspecified atom stereocenters. The van der Waals surface area contributed by atoms with Crippen LogP contribution in [0.5, 0.6) is 23.0 Å². The summed E-state index contributed by atoms with van der Waals surface area (Å²) in [4.78, 5) is 37.6. The number of rotatable bonds is 13. The Morgan fingerprint density at radius 1 is 0.976 bits per heavy atom. The fourth-order valence-corrected chi connectivity index (χ4v) is 4.05. The molecule has 0 saturated carbocycles. The number of aryl methyl sites for hydroxylation is 2. The first-order valence-corrected chi connectivity index (χ1v) is 13.0. The lowest BCUT2D eigenvalue weighted by molar-refractivity contribution is -0.384. The molecule has 0 aliphatic carbocycles. The Kier molecular flexibility index (Phi) is 11.2. The molecule has 12 nitrogen and oxygen atoms in total. The van der Waals surface area contributed by atoms with E-state index in [4.69, 9.17) is 23.7 Å². The van der Waals surface area contributed by atoms with Gasteiger partial charge in [0.25, 0.3) is 5.69 Å². The summed E-state index contributed by atoms with van der Waals surface area (Å²) in [5.74, 6) is 2.57. The zero-order chi connectivity index (χ0) is 30.6. The average molecular weight is 580 g/mol. The van der Waals surface area contributed by atoms with E-state index < -0.39 is 11.1 Å². The summed E-state index contributed by atoms with van der Waals surface area (Å²) >= 11 is 0. The molecule has 3 rings (SSSR count). The monoisotopic (exact) mass is 579 g/mol. The molecule has 0 bridgehead atoms. The summed E-state index contributed by atoms with van der Waals surface area (Å²) in [6.07, 6.45) is 0.210. The number of nitro groups is 1. The molecule has 0 radical (unpaired) electrons. The molecule has 3 aromatic rings. The smallest absolute Gasteiger partial charge is 0.497 e. The molecule has 0 heterocycles. The van der Waals surface area contributed by atoms with Gasteiger partial charge in [-0.25, -0.2) is 4.79 Å². The van der Waals surface area contributed by atoms with E-state index in [0.29, 0.717) is 29.5 Å². The topological polar surface area (TPSA) is 148 Å². The molecule has 0 saturated heterocycles. The molecule has 3 aromatic carbocycles. The van der Waals surface area contributed by atoms with Crippen molar-refractivity contribution in [3.05, 3.63) is 80.9 Å². The minimum atomic E-state index is -0.917. The molecule has 0 aromatic heterocycles. The van der Waals surface area contributed by atoms with E-state index >= 15 is 0 Å². The van der Waals surface area contributed by atoms with Gasteiger partial charge in [0.2, 0.25) is 0 Å². The predicted octanol–water partition coefficient (Wildman–Crippen LogP) is 5.58. The molecule has 222 valence electrons. The molecule has 12 heteroatoms. The van der Waals surface area contributed by atoms with Crippen LogP contribution in [0.4, 0.5) is 16.2 Å². The van der Waals surface area contributed by atoms with E-state index in [1.54, 1.807) is 20.3 Å². The van der Waals surface area contributed by atoms with Crippen LogP contribution in [0.3, 0.4) is 0 Å². The maximum Gasteiger partial charge on any atom is 0.513 e. The fourth-order valence-electron chi connectivity index (χ4n) is 4.05. The van der Waals surface area contributed by atoms with E-state index in [0.717, 1.165) is 34.2 Å². The standard InChI is InChI=1S/C30H33N3O9/c1-19-15-22(29(31-11-12-34)32-26-17-25(38-4)18-27(39-5)21(26)3)16-20(2)28(19)40-13-6-14-41-30(35)42-24-9-7-23(8-10-24)33(36)37/h7-10,12,15-18H,6,11,13-14H2,1-5H3,(H,31,32). The fraction of sp³-hybridized carbons (Fsp3) is 0.300. The summed E-state index contributed by atoms with van der Waals surface area (Å²) in [5.41, 5.74) is 3.92. The number of aldehydes is 1. The van der Waals surface area contributed by atoms with Crippen LogP contribution in [0.25, 0.3) is 0 Å². The Labute approximate surface area is 243 Å². The van der Waals surface area contributed by atoms with E-state index in [1.807, 2.05) is 39.0 Å². The van der Waals surface area contributed by atoms with Crippen molar-refractivity contribution in [2.75, 3.05) is 39.3 Å². The quantitative estimate of drug-likeness (QED) is 0.0398. The van der Waals surface area contributed by atoms with Crippen molar-refractivity contribution in [3.63, 3.8) is 0 Å². The molecule has 0 atom stereocenters. The van der Waals surface area contributed by atoms with E-state index in [1.165, 1.54) is 24.3 Å². The largest absolute Gasteiger partial charge is 0.513 e. The number of anilines is 1. The molecule has 42 heavy (non-hydrogen) atoms. The second-order valence-electron chi connectivity index (χ2n) is 9.08. The average Bonchev–Trinajstić information content (AvgIpc) is 2.97. The number of benzene rings is 3. The third-order valence-electron chi connectivity index (χ3n) is 6.10. The van der Waals surface area contributed by atoms with Crippen LogP contribution in [-0.4, -0.2) is 57.2 Å². The van der Waals surface area contributed by atoms with Gasteiger partial charge in [0.1, 0.15) is 35.1 Å². The van der Waals surface area contributed by atoms with Crippen LogP contribution < -0.4 is 24.3 Å². The molecular weight excluding hydrogens is 546 g/mol. The van der Waals surface area contributed by atoms with Gasteiger partial charge in [-0.05, 0) is 56.2 Å². The van der Waals surface area contributed by atoms with Gasteiger partial charge in [0.05, 0.1) is 38.9 Å². The number of carbonyl (C=O) groups excluding carboxylic acids is 2. The van der Waals surface area contributed by atoms with Crippen LogP contribution in [0.2, 0.25) is 0 Å². The zero-order valence-electron chi connectivity index (χ0n) is 24.1. The lowest BCUT2D eigenvalue weighted by Gasteiger charge is -2.18. The number of ether oxygens (including phenoxy) is 5. The summed E-state index contributed by atoms with van der Waals surface area (Å²) in [6, 6.07) is 12.5.